The molecule has 1 saturated heterocycles. The van der Waals surface area contributed by atoms with Crippen molar-refractivity contribution in [3.8, 4) is 0 Å². The lowest BCUT2D eigenvalue weighted by atomic mass is 10.1. The van der Waals surface area contributed by atoms with Crippen LogP contribution in [0.5, 0.6) is 0 Å². The highest BCUT2D eigenvalue weighted by atomic mass is 16.2. The van der Waals surface area contributed by atoms with Crippen LogP contribution in [-0.2, 0) is 11.2 Å². The van der Waals surface area contributed by atoms with Gasteiger partial charge >= 0.3 is 0 Å². The fraction of sp³-hybridized carbons (Fsp3) is 0.300. The van der Waals surface area contributed by atoms with Crippen molar-refractivity contribution in [1.29, 1.82) is 0 Å². The maximum absolute atomic E-state index is 12.4. The van der Waals surface area contributed by atoms with E-state index >= 15 is 0 Å². The van der Waals surface area contributed by atoms with E-state index in [4.69, 9.17) is 5.73 Å². The zero-order chi connectivity index (χ0) is 17.6. The smallest absolute Gasteiger partial charge is 0.253 e. The van der Waals surface area contributed by atoms with Gasteiger partial charge in [0.25, 0.3) is 5.91 Å². The maximum Gasteiger partial charge on any atom is 0.253 e. The minimum Gasteiger partial charge on any atom is -0.399 e. The molecule has 0 atom stereocenters. The quantitative estimate of drug-likeness (QED) is 0.823. The van der Waals surface area contributed by atoms with Gasteiger partial charge in [0.05, 0.1) is 0 Å². The molecule has 2 amide bonds. The predicted octanol–water partition coefficient (Wildman–Crippen LogP) is 3.08. The number of hydrogen-bond donors (Lipinski definition) is 2. The molecule has 0 aliphatic carbocycles. The molecule has 130 valence electrons. The van der Waals surface area contributed by atoms with Crippen LogP contribution in [0.25, 0.3) is 0 Å². The van der Waals surface area contributed by atoms with Gasteiger partial charge in [0, 0.05) is 36.4 Å². The molecule has 0 unspecified atom stereocenters. The molecule has 1 aliphatic heterocycles. The number of nitrogens with one attached hydrogen (secondary N) is 1. The van der Waals surface area contributed by atoms with Gasteiger partial charge in [0.15, 0.2) is 0 Å². The summed E-state index contributed by atoms with van der Waals surface area (Å²) >= 11 is 0. The van der Waals surface area contributed by atoms with Gasteiger partial charge in [-0.3, -0.25) is 9.59 Å². The Bertz CT molecular complexity index is 750. The van der Waals surface area contributed by atoms with E-state index in [1.54, 1.807) is 18.2 Å². The molecule has 0 spiro atoms. The molecule has 2 aromatic carbocycles. The lowest BCUT2D eigenvalue weighted by Gasteiger charge is -2.15. The summed E-state index contributed by atoms with van der Waals surface area (Å²) in [6, 6.07) is 14.7. The monoisotopic (exact) mass is 337 g/mol. The number of aryl methyl sites for hydroxylation is 1. The van der Waals surface area contributed by atoms with E-state index in [0.717, 1.165) is 31.5 Å². The molecule has 5 heteroatoms. The minimum atomic E-state index is -0.0670. The van der Waals surface area contributed by atoms with Crippen LogP contribution in [0.3, 0.4) is 0 Å². The van der Waals surface area contributed by atoms with Gasteiger partial charge < -0.3 is 16.0 Å². The van der Waals surface area contributed by atoms with Gasteiger partial charge in [-0.15, -0.1) is 0 Å². The summed E-state index contributed by atoms with van der Waals surface area (Å²) in [5.74, 6) is -0.0296. The van der Waals surface area contributed by atoms with Gasteiger partial charge in [-0.05, 0) is 55.2 Å². The SMILES string of the molecule is Nc1ccc(CCC(=O)Nc2cccc(C(=O)N3CCCC3)c2)cc1. The molecule has 1 aliphatic rings. The molecular formula is C20H23N3O2. The van der Waals surface area contributed by atoms with Crippen molar-refractivity contribution in [2.75, 3.05) is 24.1 Å². The number of carbonyl (C=O) groups excluding carboxylic acids is 2. The van der Waals surface area contributed by atoms with Crippen molar-refractivity contribution in [2.45, 2.75) is 25.7 Å². The standard InChI is InChI=1S/C20H23N3O2/c21-17-9-6-15(7-10-17)8-11-19(24)22-18-5-3-4-16(14-18)20(25)23-12-1-2-13-23/h3-7,9-10,14H,1-2,8,11-13,21H2,(H,22,24). The average molecular weight is 337 g/mol. The van der Waals surface area contributed by atoms with Crippen molar-refractivity contribution in [3.05, 3.63) is 59.7 Å². The third-order valence-corrected chi connectivity index (χ3v) is 4.41. The van der Waals surface area contributed by atoms with Gasteiger partial charge in [-0.25, -0.2) is 0 Å². The van der Waals surface area contributed by atoms with Crippen molar-refractivity contribution in [3.63, 3.8) is 0 Å². The highest BCUT2D eigenvalue weighted by Crippen LogP contribution is 2.17. The third kappa shape index (κ3) is 4.59. The van der Waals surface area contributed by atoms with Gasteiger partial charge in [0.1, 0.15) is 0 Å². The van der Waals surface area contributed by atoms with E-state index in [2.05, 4.69) is 5.32 Å². The second-order valence-electron chi connectivity index (χ2n) is 6.37. The second kappa shape index (κ2) is 7.83. The largest absolute Gasteiger partial charge is 0.399 e. The minimum absolute atomic E-state index is 0.0375. The number of carbonyl (C=O) groups is 2. The van der Waals surface area contributed by atoms with Crippen LogP contribution in [0.4, 0.5) is 11.4 Å². The fourth-order valence-electron chi connectivity index (χ4n) is 3.00. The van der Waals surface area contributed by atoms with Crippen LogP contribution in [0.2, 0.25) is 0 Å². The zero-order valence-electron chi connectivity index (χ0n) is 14.2. The summed E-state index contributed by atoms with van der Waals surface area (Å²) in [6.07, 6.45) is 3.16. The molecule has 0 bridgehead atoms. The number of rotatable bonds is 5. The summed E-state index contributed by atoms with van der Waals surface area (Å²) < 4.78 is 0. The number of nitrogens with two attached hydrogens (primary N) is 1. The number of benzene rings is 2. The molecule has 3 rings (SSSR count). The lowest BCUT2D eigenvalue weighted by Crippen LogP contribution is -2.27. The van der Waals surface area contributed by atoms with Gasteiger partial charge in [-0.1, -0.05) is 18.2 Å². The Kier molecular flexibility index (Phi) is 5.33. The topological polar surface area (TPSA) is 75.4 Å². The summed E-state index contributed by atoms with van der Waals surface area (Å²) in [4.78, 5) is 26.4. The first-order chi connectivity index (χ1) is 12.1. The molecule has 0 aromatic heterocycles. The van der Waals surface area contributed by atoms with Crippen LogP contribution in [0, 0.1) is 0 Å². The van der Waals surface area contributed by atoms with Crippen molar-refractivity contribution in [2.24, 2.45) is 0 Å². The van der Waals surface area contributed by atoms with E-state index in [-0.39, 0.29) is 11.8 Å². The normalized spacial score (nSPS) is 13.7. The van der Waals surface area contributed by atoms with E-state index in [1.165, 1.54) is 0 Å². The zero-order valence-corrected chi connectivity index (χ0v) is 14.2. The summed E-state index contributed by atoms with van der Waals surface area (Å²) in [7, 11) is 0. The Balaban J connectivity index is 1.56. The molecule has 2 aromatic rings. The Morgan fingerprint density at radius 1 is 1.04 bits per heavy atom. The third-order valence-electron chi connectivity index (χ3n) is 4.41. The average Bonchev–Trinajstić information content (AvgIpc) is 3.15. The van der Waals surface area contributed by atoms with Gasteiger partial charge in [-0.2, -0.15) is 0 Å². The Labute approximate surface area is 147 Å². The predicted molar refractivity (Wildman–Crippen MR) is 99.4 cm³/mol. The fourth-order valence-corrected chi connectivity index (χ4v) is 3.00. The summed E-state index contributed by atoms with van der Waals surface area (Å²) in [5, 5.41) is 2.88. The highest BCUT2D eigenvalue weighted by Gasteiger charge is 2.19. The molecule has 1 fully saturated rings. The molecule has 0 radical (unpaired) electrons. The van der Waals surface area contributed by atoms with Crippen LogP contribution in [0.1, 0.15) is 35.2 Å². The first-order valence-electron chi connectivity index (χ1n) is 8.65. The Morgan fingerprint density at radius 3 is 2.48 bits per heavy atom. The van der Waals surface area contributed by atoms with Gasteiger partial charge in [0.2, 0.25) is 5.91 Å². The van der Waals surface area contributed by atoms with E-state index in [9.17, 15) is 9.59 Å². The van der Waals surface area contributed by atoms with E-state index in [1.807, 2.05) is 35.2 Å². The first kappa shape index (κ1) is 17.0. The van der Waals surface area contributed by atoms with E-state index < -0.39 is 0 Å². The van der Waals surface area contributed by atoms with Crippen molar-refractivity contribution >= 4 is 23.2 Å². The molecule has 3 N–H and O–H groups in total. The van der Waals surface area contributed by atoms with Crippen molar-refractivity contribution < 1.29 is 9.59 Å². The number of hydrogen-bond acceptors (Lipinski definition) is 3. The number of amides is 2. The van der Waals surface area contributed by atoms with Crippen LogP contribution in [-0.4, -0.2) is 29.8 Å². The van der Waals surface area contributed by atoms with Crippen molar-refractivity contribution in [1.82, 2.24) is 4.90 Å². The number of anilines is 2. The number of nitrogens with zero attached hydrogens (tertiary/aromatic N) is 1. The Hall–Kier alpha value is -2.82. The molecule has 0 saturated carbocycles. The molecular weight excluding hydrogens is 314 g/mol. The molecule has 25 heavy (non-hydrogen) atoms. The summed E-state index contributed by atoms with van der Waals surface area (Å²) in [5.41, 5.74) is 8.73. The molecule has 5 nitrogen and oxygen atoms in total. The number of likely N-dealkylation sites (tertiary alicyclic amines) is 1. The van der Waals surface area contributed by atoms with E-state index in [0.29, 0.717) is 29.8 Å². The number of nitrogen functional groups attached to an aromatic ring is 1. The second-order valence-corrected chi connectivity index (χ2v) is 6.37. The highest BCUT2D eigenvalue weighted by molar-refractivity contribution is 5.97. The lowest BCUT2D eigenvalue weighted by molar-refractivity contribution is -0.116. The van der Waals surface area contributed by atoms with Crippen LogP contribution in [0.15, 0.2) is 48.5 Å². The first-order valence-corrected chi connectivity index (χ1v) is 8.65. The van der Waals surface area contributed by atoms with Crippen LogP contribution >= 0.6 is 0 Å². The van der Waals surface area contributed by atoms with Crippen LogP contribution < -0.4 is 11.1 Å². The summed E-state index contributed by atoms with van der Waals surface area (Å²) in [6.45, 7) is 1.63. The molecule has 1 heterocycles. The maximum atomic E-state index is 12.4. The Morgan fingerprint density at radius 2 is 1.76 bits per heavy atom.